The van der Waals surface area contributed by atoms with Crippen molar-refractivity contribution in [3.63, 3.8) is 0 Å². The van der Waals surface area contributed by atoms with E-state index >= 15 is 0 Å². The Morgan fingerprint density at radius 3 is 2.36 bits per heavy atom. The molecule has 1 heterocycles. The lowest BCUT2D eigenvalue weighted by Gasteiger charge is -2.27. The van der Waals surface area contributed by atoms with Crippen LogP contribution in [0, 0.1) is 0 Å². The van der Waals surface area contributed by atoms with Crippen LogP contribution in [0.1, 0.15) is 40.0 Å². The van der Waals surface area contributed by atoms with Gasteiger partial charge in [0.25, 0.3) is 0 Å². The standard InChI is InChI=1S/C10H17NO2S/c1-4-10(3,5-2)14-7-6-8(12)11-9(7)13/h7H,4-6H2,1-3H3,(H,11,12,13). The van der Waals surface area contributed by atoms with Crippen molar-refractivity contribution in [2.24, 2.45) is 0 Å². The van der Waals surface area contributed by atoms with E-state index < -0.39 is 0 Å². The van der Waals surface area contributed by atoms with Crippen LogP contribution in [0.4, 0.5) is 0 Å². The Kier molecular flexibility index (Phi) is 3.59. The lowest BCUT2D eigenvalue weighted by atomic mass is 10.1. The maximum Gasteiger partial charge on any atom is 0.240 e. The number of nitrogens with one attached hydrogen (secondary N) is 1. The summed E-state index contributed by atoms with van der Waals surface area (Å²) in [5.41, 5.74) is 0. The molecule has 1 saturated heterocycles. The first-order valence-electron chi connectivity index (χ1n) is 5.02. The largest absolute Gasteiger partial charge is 0.295 e. The van der Waals surface area contributed by atoms with E-state index in [1.165, 1.54) is 0 Å². The summed E-state index contributed by atoms with van der Waals surface area (Å²) in [7, 11) is 0. The number of rotatable bonds is 4. The Hall–Kier alpha value is -0.510. The lowest BCUT2D eigenvalue weighted by Crippen LogP contribution is -2.28. The smallest absolute Gasteiger partial charge is 0.240 e. The number of hydrogen-bond acceptors (Lipinski definition) is 3. The predicted molar refractivity (Wildman–Crippen MR) is 58.1 cm³/mol. The quantitative estimate of drug-likeness (QED) is 0.726. The minimum Gasteiger partial charge on any atom is -0.295 e. The highest BCUT2D eigenvalue weighted by atomic mass is 32.2. The second-order valence-electron chi connectivity index (χ2n) is 3.88. The van der Waals surface area contributed by atoms with Gasteiger partial charge in [-0.2, -0.15) is 0 Å². The molecule has 3 nitrogen and oxygen atoms in total. The first-order chi connectivity index (χ1) is 6.50. The summed E-state index contributed by atoms with van der Waals surface area (Å²) in [5, 5.41) is 2.17. The van der Waals surface area contributed by atoms with Gasteiger partial charge in [-0.25, -0.2) is 0 Å². The number of hydrogen-bond donors (Lipinski definition) is 1. The zero-order valence-corrected chi connectivity index (χ0v) is 9.74. The molecule has 0 spiro atoms. The normalized spacial score (nSPS) is 22.6. The molecule has 0 radical (unpaired) electrons. The molecule has 1 rings (SSSR count). The second-order valence-corrected chi connectivity index (χ2v) is 5.67. The van der Waals surface area contributed by atoms with E-state index in [9.17, 15) is 9.59 Å². The first kappa shape index (κ1) is 11.6. The van der Waals surface area contributed by atoms with Crippen LogP contribution in [0.5, 0.6) is 0 Å². The number of carbonyl (C=O) groups is 2. The third-order valence-electron chi connectivity index (χ3n) is 2.85. The molecule has 14 heavy (non-hydrogen) atoms. The topological polar surface area (TPSA) is 46.2 Å². The highest BCUT2D eigenvalue weighted by Gasteiger charge is 2.36. The molecule has 1 N–H and O–H groups in total. The van der Waals surface area contributed by atoms with Gasteiger partial charge in [-0.1, -0.05) is 20.8 Å². The van der Waals surface area contributed by atoms with Crippen LogP contribution in [0.25, 0.3) is 0 Å². The van der Waals surface area contributed by atoms with Crippen LogP contribution in [0.3, 0.4) is 0 Å². The number of thioether (sulfide) groups is 1. The molecule has 0 bridgehead atoms. The van der Waals surface area contributed by atoms with Gasteiger partial charge in [0.15, 0.2) is 0 Å². The third-order valence-corrected chi connectivity index (χ3v) is 4.66. The second kappa shape index (κ2) is 4.34. The Bertz CT molecular complexity index is 249. The zero-order valence-electron chi connectivity index (χ0n) is 8.92. The summed E-state index contributed by atoms with van der Waals surface area (Å²) in [4.78, 5) is 22.3. The number of carbonyl (C=O) groups excluding carboxylic acids is 2. The molecular weight excluding hydrogens is 198 g/mol. The Balaban J connectivity index is 2.59. The van der Waals surface area contributed by atoms with Gasteiger partial charge in [0.2, 0.25) is 11.8 Å². The van der Waals surface area contributed by atoms with Gasteiger partial charge in [0.05, 0.1) is 5.25 Å². The lowest BCUT2D eigenvalue weighted by molar-refractivity contribution is -0.124. The minimum atomic E-state index is -0.174. The summed E-state index contributed by atoms with van der Waals surface area (Å²) in [6.45, 7) is 6.38. The number of imide groups is 1. The van der Waals surface area contributed by atoms with Gasteiger partial charge >= 0.3 is 0 Å². The fraction of sp³-hybridized carbons (Fsp3) is 0.800. The van der Waals surface area contributed by atoms with E-state index in [1.807, 2.05) is 0 Å². The monoisotopic (exact) mass is 215 g/mol. The summed E-state index contributed by atoms with van der Waals surface area (Å²) in [6, 6.07) is 0. The SMILES string of the molecule is CCC(C)(CC)SC1CC(=O)NC1=O. The van der Waals surface area contributed by atoms with Gasteiger partial charge in [0, 0.05) is 11.2 Å². The number of amides is 2. The Labute approximate surface area is 89.0 Å². The average Bonchev–Trinajstić information content (AvgIpc) is 2.45. The molecule has 0 aromatic rings. The molecule has 1 unspecified atom stereocenters. The van der Waals surface area contributed by atoms with E-state index in [4.69, 9.17) is 0 Å². The molecular formula is C10H17NO2S. The van der Waals surface area contributed by atoms with Crippen LogP contribution in [0.2, 0.25) is 0 Å². The fourth-order valence-electron chi connectivity index (χ4n) is 1.39. The molecule has 1 fully saturated rings. The molecule has 0 aromatic carbocycles. The van der Waals surface area contributed by atoms with Crippen LogP contribution in [-0.4, -0.2) is 21.8 Å². The van der Waals surface area contributed by atoms with Gasteiger partial charge in [-0.15, -0.1) is 11.8 Å². The summed E-state index contributed by atoms with van der Waals surface area (Å²) in [6.07, 6.45) is 2.39. The highest BCUT2D eigenvalue weighted by molar-refractivity contribution is 8.02. The van der Waals surface area contributed by atoms with Gasteiger partial charge < -0.3 is 0 Å². The van der Waals surface area contributed by atoms with Crippen molar-refractivity contribution in [3.05, 3.63) is 0 Å². The van der Waals surface area contributed by atoms with Crippen molar-refractivity contribution >= 4 is 23.6 Å². The Morgan fingerprint density at radius 1 is 1.43 bits per heavy atom. The van der Waals surface area contributed by atoms with Crippen molar-refractivity contribution < 1.29 is 9.59 Å². The van der Waals surface area contributed by atoms with Crippen LogP contribution < -0.4 is 5.32 Å². The summed E-state index contributed by atoms with van der Waals surface area (Å²) >= 11 is 1.63. The van der Waals surface area contributed by atoms with Crippen LogP contribution >= 0.6 is 11.8 Å². The molecule has 1 atom stereocenters. The van der Waals surface area contributed by atoms with Crippen molar-refractivity contribution in [2.75, 3.05) is 0 Å². The van der Waals surface area contributed by atoms with Gasteiger partial charge in [-0.05, 0) is 12.8 Å². The molecule has 2 amide bonds. The highest BCUT2D eigenvalue weighted by Crippen LogP contribution is 2.37. The molecule has 0 aliphatic carbocycles. The van der Waals surface area contributed by atoms with Gasteiger partial charge in [-0.3, -0.25) is 14.9 Å². The Morgan fingerprint density at radius 2 is 2.00 bits per heavy atom. The summed E-state index contributed by atoms with van der Waals surface area (Å²) < 4.78 is 0.118. The molecule has 4 heteroatoms. The maximum absolute atomic E-state index is 11.3. The molecule has 1 aliphatic heterocycles. The molecule has 1 aliphatic rings. The van der Waals surface area contributed by atoms with E-state index in [2.05, 4.69) is 26.1 Å². The van der Waals surface area contributed by atoms with Crippen molar-refractivity contribution in [1.82, 2.24) is 5.32 Å². The van der Waals surface area contributed by atoms with E-state index in [0.717, 1.165) is 12.8 Å². The zero-order chi connectivity index (χ0) is 10.8. The van der Waals surface area contributed by atoms with E-state index in [1.54, 1.807) is 11.8 Å². The fourth-order valence-corrected chi connectivity index (χ4v) is 2.81. The first-order valence-corrected chi connectivity index (χ1v) is 5.90. The maximum atomic E-state index is 11.3. The van der Waals surface area contributed by atoms with Crippen LogP contribution in [-0.2, 0) is 9.59 Å². The van der Waals surface area contributed by atoms with Crippen LogP contribution in [0.15, 0.2) is 0 Å². The van der Waals surface area contributed by atoms with Crippen molar-refractivity contribution in [3.8, 4) is 0 Å². The van der Waals surface area contributed by atoms with E-state index in [-0.39, 0.29) is 21.8 Å². The summed E-state index contributed by atoms with van der Waals surface area (Å²) in [5.74, 6) is -0.254. The van der Waals surface area contributed by atoms with Crippen molar-refractivity contribution in [1.29, 1.82) is 0 Å². The van der Waals surface area contributed by atoms with Gasteiger partial charge in [0.1, 0.15) is 0 Å². The van der Waals surface area contributed by atoms with Crippen molar-refractivity contribution in [2.45, 2.75) is 50.0 Å². The average molecular weight is 215 g/mol. The molecule has 0 saturated carbocycles. The predicted octanol–water partition coefficient (Wildman–Crippen LogP) is 1.71. The minimum absolute atomic E-state index is 0.117. The van der Waals surface area contributed by atoms with E-state index in [0.29, 0.717) is 6.42 Å². The molecule has 0 aromatic heterocycles. The third kappa shape index (κ3) is 2.50. The molecule has 80 valence electrons.